The number of anilines is 1. The molecule has 4 aromatic rings. The van der Waals surface area contributed by atoms with Gasteiger partial charge in [-0.25, -0.2) is 4.98 Å². The molecule has 10 heteroatoms. The van der Waals surface area contributed by atoms with E-state index in [0.717, 1.165) is 16.9 Å². The Morgan fingerprint density at radius 2 is 2.00 bits per heavy atom. The van der Waals surface area contributed by atoms with Gasteiger partial charge in [0, 0.05) is 12.1 Å². The minimum atomic E-state index is -0.204. The highest BCUT2D eigenvalue weighted by molar-refractivity contribution is 7.99. The summed E-state index contributed by atoms with van der Waals surface area (Å²) in [5.74, 6) is 0.737. The molecular weight excluding hydrogens is 431 g/mol. The van der Waals surface area contributed by atoms with Crippen molar-refractivity contribution in [2.45, 2.75) is 11.7 Å². The average molecular weight is 447 g/mol. The second kappa shape index (κ2) is 8.44. The lowest BCUT2D eigenvalue weighted by Gasteiger charge is -2.08. The van der Waals surface area contributed by atoms with Crippen molar-refractivity contribution in [3.63, 3.8) is 0 Å². The largest absolute Gasteiger partial charge is 0.324 e. The van der Waals surface area contributed by atoms with Crippen LogP contribution in [0.15, 0.2) is 53.9 Å². The number of carbonyl (C=O) groups excluding carboxylic acids is 1. The number of fused-ring (bicyclic) bond motifs is 1. The van der Waals surface area contributed by atoms with Crippen molar-refractivity contribution in [3.8, 4) is 0 Å². The van der Waals surface area contributed by atoms with Crippen LogP contribution in [-0.4, -0.2) is 36.0 Å². The minimum Gasteiger partial charge on any atom is -0.324 e. The third-order valence-electron chi connectivity index (χ3n) is 4.30. The number of rotatable bonds is 6. The van der Waals surface area contributed by atoms with E-state index in [4.69, 9.17) is 23.2 Å². The second-order valence-corrected chi connectivity index (χ2v) is 8.07. The molecule has 2 heterocycles. The summed E-state index contributed by atoms with van der Waals surface area (Å²) in [6.45, 7) is 0.537. The molecule has 0 radical (unpaired) electrons. The van der Waals surface area contributed by atoms with Crippen LogP contribution in [0.1, 0.15) is 5.82 Å². The predicted molar refractivity (Wildman–Crippen MR) is 116 cm³/mol. The summed E-state index contributed by atoms with van der Waals surface area (Å²) in [4.78, 5) is 16.7. The van der Waals surface area contributed by atoms with Crippen LogP contribution in [0.2, 0.25) is 10.0 Å². The Labute approximate surface area is 181 Å². The smallest absolute Gasteiger partial charge is 0.234 e. The molecule has 7 nitrogen and oxygen atoms in total. The van der Waals surface area contributed by atoms with Gasteiger partial charge in [-0.1, -0.05) is 47.1 Å². The lowest BCUT2D eigenvalue weighted by molar-refractivity contribution is -0.113. The Bertz CT molecular complexity index is 1190. The number of nitrogens with zero attached hydrogens (tertiary/aromatic N) is 5. The van der Waals surface area contributed by atoms with Crippen molar-refractivity contribution in [1.29, 1.82) is 0 Å². The number of carbonyl (C=O) groups is 1. The molecule has 29 heavy (non-hydrogen) atoms. The number of thioether (sulfide) groups is 1. The zero-order chi connectivity index (χ0) is 20.4. The maximum Gasteiger partial charge on any atom is 0.234 e. The maximum absolute atomic E-state index is 12.3. The normalized spacial score (nSPS) is 11.1. The van der Waals surface area contributed by atoms with Crippen LogP contribution in [-0.2, 0) is 18.4 Å². The number of halogens is 2. The molecular formula is C19H16Cl2N6OS. The molecule has 0 aliphatic carbocycles. The van der Waals surface area contributed by atoms with Gasteiger partial charge in [0.05, 0.1) is 40.4 Å². The SMILES string of the molecule is Cn1c(Cn2cnc3ccccc32)nnc1SCC(=O)Nc1cc(Cl)ccc1Cl. The first-order chi connectivity index (χ1) is 14.0. The molecule has 0 unspecified atom stereocenters. The van der Waals surface area contributed by atoms with Gasteiger partial charge in [-0.3, -0.25) is 4.79 Å². The molecule has 0 saturated carbocycles. The molecule has 0 aliphatic heterocycles. The average Bonchev–Trinajstić information content (AvgIpc) is 3.28. The van der Waals surface area contributed by atoms with E-state index in [2.05, 4.69) is 20.5 Å². The summed E-state index contributed by atoms with van der Waals surface area (Å²) in [7, 11) is 1.88. The van der Waals surface area contributed by atoms with Crippen LogP contribution in [0.3, 0.4) is 0 Å². The Morgan fingerprint density at radius 1 is 1.17 bits per heavy atom. The first-order valence-corrected chi connectivity index (χ1v) is 10.4. The van der Waals surface area contributed by atoms with Gasteiger partial charge in [0.15, 0.2) is 11.0 Å². The quantitative estimate of drug-likeness (QED) is 0.447. The van der Waals surface area contributed by atoms with Gasteiger partial charge in [-0.2, -0.15) is 0 Å². The lowest BCUT2D eigenvalue weighted by Crippen LogP contribution is -2.15. The van der Waals surface area contributed by atoms with Crippen LogP contribution in [0, 0.1) is 0 Å². The van der Waals surface area contributed by atoms with E-state index in [1.165, 1.54) is 11.8 Å². The van der Waals surface area contributed by atoms with Gasteiger partial charge in [0.1, 0.15) is 0 Å². The fourth-order valence-electron chi connectivity index (χ4n) is 2.81. The molecule has 0 atom stereocenters. The van der Waals surface area contributed by atoms with Crippen molar-refractivity contribution in [2.75, 3.05) is 11.1 Å². The van der Waals surface area contributed by atoms with E-state index in [-0.39, 0.29) is 11.7 Å². The van der Waals surface area contributed by atoms with Crippen LogP contribution in [0.5, 0.6) is 0 Å². The number of amides is 1. The van der Waals surface area contributed by atoms with Crippen molar-refractivity contribution in [1.82, 2.24) is 24.3 Å². The molecule has 1 amide bonds. The van der Waals surface area contributed by atoms with Gasteiger partial charge >= 0.3 is 0 Å². The molecule has 1 N–H and O–H groups in total. The third-order valence-corrected chi connectivity index (χ3v) is 5.88. The standard InChI is InChI=1S/C19H16Cl2N6OS/c1-26-17(9-27-11-22-14-4-2-3-5-16(14)27)24-25-19(26)29-10-18(28)23-15-8-12(20)6-7-13(15)21/h2-8,11H,9-10H2,1H3,(H,23,28). The van der Waals surface area contributed by atoms with Crippen molar-refractivity contribution in [2.24, 2.45) is 7.05 Å². The highest BCUT2D eigenvalue weighted by Crippen LogP contribution is 2.26. The summed E-state index contributed by atoms with van der Waals surface area (Å²) >= 11 is 13.3. The third kappa shape index (κ3) is 4.39. The number of imidazole rings is 1. The molecule has 0 aliphatic rings. The highest BCUT2D eigenvalue weighted by atomic mass is 35.5. The Balaban J connectivity index is 1.41. The first-order valence-electron chi connectivity index (χ1n) is 8.67. The molecule has 0 fully saturated rings. The summed E-state index contributed by atoms with van der Waals surface area (Å²) in [5, 5.41) is 12.8. The Hall–Kier alpha value is -2.55. The molecule has 2 aromatic heterocycles. The van der Waals surface area contributed by atoms with E-state index in [1.54, 1.807) is 24.5 Å². The Kier molecular flexibility index (Phi) is 5.75. The molecule has 4 rings (SSSR count). The van der Waals surface area contributed by atoms with Crippen LogP contribution < -0.4 is 5.32 Å². The summed E-state index contributed by atoms with van der Waals surface area (Å²) in [6, 6.07) is 12.8. The number of nitrogens with one attached hydrogen (secondary N) is 1. The molecule has 2 aromatic carbocycles. The van der Waals surface area contributed by atoms with Crippen molar-refractivity contribution < 1.29 is 4.79 Å². The van der Waals surface area contributed by atoms with Gasteiger partial charge in [-0.05, 0) is 30.3 Å². The second-order valence-electron chi connectivity index (χ2n) is 6.28. The molecule has 0 spiro atoms. The zero-order valence-electron chi connectivity index (χ0n) is 15.3. The number of benzene rings is 2. The van der Waals surface area contributed by atoms with E-state index < -0.39 is 0 Å². The lowest BCUT2D eigenvalue weighted by atomic mass is 10.3. The first kappa shape index (κ1) is 19.8. The van der Waals surface area contributed by atoms with Gasteiger partial charge in [-0.15, -0.1) is 10.2 Å². The fourth-order valence-corrected chi connectivity index (χ4v) is 3.87. The van der Waals surface area contributed by atoms with Crippen LogP contribution in [0.4, 0.5) is 5.69 Å². The van der Waals surface area contributed by atoms with Crippen LogP contribution >= 0.6 is 35.0 Å². The maximum atomic E-state index is 12.3. The molecule has 148 valence electrons. The summed E-state index contributed by atoms with van der Waals surface area (Å²) in [5.41, 5.74) is 2.44. The monoisotopic (exact) mass is 446 g/mol. The van der Waals surface area contributed by atoms with Crippen molar-refractivity contribution >= 4 is 57.6 Å². The number of aromatic nitrogens is 5. The minimum absolute atomic E-state index is 0.169. The number of hydrogen-bond acceptors (Lipinski definition) is 5. The highest BCUT2D eigenvalue weighted by Gasteiger charge is 2.14. The van der Waals surface area contributed by atoms with E-state index in [9.17, 15) is 4.79 Å². The van der Waals surface area contributed by atoms with Gasteiger partial charge in [0.25, 0.3) is 0 Å². The van der Waals surface area contributed by atoms with E-state index in [1.807, 2.05) is 40.4 Å². The topological polar surface area (TPSA) is 77.6 Å². The summed E-state index contributed by atoms with van der Waals surface area (Å²) in [6.07, 6.45) is 1.79. The Morgan fingerprint density at radius 3 is 2.86 bits per heavy atom. The number of hydrogen-bond donors (Lipinski definition) is 1. The summed E-state index contributed by atoms with van der Waals surface area (Å²) < 4.78 is 3.89. The van der Waals surface area contributed by atoms with E-state index in [0.29, 0.717) is 27.4 Å². The van der Waals surface area contributed by atoms with Crippen LogP contribution in [0.25, 0.3) is 11.0 Å². The number of para-hydroxylation sites is 2. The fraction of sp³-hybridized carbons (Fsp3) is 0.158. The predicted octanol–water partition coefficient (Wildman–Crippen LogP) is 4.25. The molecule has 0 saturated heterocycles. The zero-order valence-corrected chi connectivity index (χ0v) is 17.7. The van der Waals surface area contributed by atoms with Gasteiger partial charge in [0.2, 0.25) is 5.91 Å². The van der Waals surface area contributed by atoms with E-state index >= 15 is 0 Å². The molecule has 0 bridgehead atoms. The van der Waals surface area contributed by atoms with Crippen molar-refractivity contribution in [3.05, 3.63) is 64.7 Å². The van der Waals surface area contributed by atoms with Gasteiger partial charge < -0.3 is 14.5 Å².